The number of hydrogen-bond acceptors (Lipinski definition) is 3. The fourth-order valence-electron chi connectivity index (χ4n) is 3.35. The van der Waals surface area contributed by atoms with E-state index in [1.807, 2.05) is 25.1 Å². The smallest absolute Gasteiger partial charge is 0.317 e. The highest BCUT2D eigenvalue weighted by Crippen LogP contribution is 2.49. The van der Waals surface area contributed by atoms with Gasteiger partial charge in [-0.2, -0.15) is 0 Å². The van der Waals surface area contributed by atoms with Crippen LogP contribution >= 0.6 is 23.2 Å². The minimum absolute atomic E-state index is 0.0955. The van der Waals surface area contributed by atoms with Gasteiger partial charge in [0.05, 0.1) is 21.7 Å². The minimum atomic E-state index is -0.510. The van der Waals surface area contributed by atoms with Crippen LogP contribution in [0.1, 0.15) is 24.4 Å². The third-order valence-corrected chi connectivity index (χ3v) is 5.67. The molecule has 1 aliphatic carbocycles. The van der Waals surface area contributed by atoms with Gasteiger partial charge in [0.15, 0.2) is 0 Å². The number of hydrogen-bond donors (Lipinski definition) is 2. The van der Waals surface area contributed by atoms with Crippen molar-refractivity contribution in [3.63, 3.8) is 0 Å². The number of fused-ring (bicyclic) bond motifs is 1. The summed E-state index contributed by atoms with van der Waals surface area (Å²) in [6.45, 7) is 1.87. The number of urea groups is 1. The maximum atomic E-state index is 12.6. The van der Waals surface area contributed by atoms with Gasteiger partial charge in [-0.15, -0.1) is 0 Å². The third-order valence-electron chi connectivity index (χ3n) is 4.93. The molecular weight excluding hydrogens is 349 g/mol. The number of carbonyl (C=O) groups is 1. The van der Waals surface area contributed by atoms with Crippen LogP contribution in [0, 0.1) is 5.92 Å². The SMILES string of the molecule is CN(C)CC(NC(=O)N1CC[C@@]2(O)C[C@H]2C1)c1ccc(Cl)c(Cl)c1. The average Bonchev–Trinajstić information content (AvgIpc) is 3.19. The van der Waals surface area contributed by atoms with Crippen LogP contribution < -0.4 is 5.32 Å². The Balaban J connectivity index is 1.69. The second kappa shape index (κ2) is 6.71. The van der Waals surface area contributed by atoms with Gasteiger partial charge in [0, 0.05) is 25.6 Å². The molecule has 0 spiro atoms. The van der Waals surface area contributed by atoms with Gasteiger partial charge in [0.25, 0.3) is 0 Å². The highest BCUT2D eigenvalue weighted by atomic mass is 35.5. The zero-order valence-electron chi connectivity index (χ0n) is 13.9. The molecule has 0 radical (unpaired) electrons. The van der Waals surface area contributed by atoms with Crippen LogP contribution in [0.3, 0.4) is 0 Å². The fourth-order valence-corrected chi connectivity index (χ4v) is 3.65. The molecule has 5 nitrogen and oxygen atoms in total. The van der Waals surface area contributed by atoms with Gasteiger partial charge in [-0.3, -0.25) is 0 Å². The molecule has 1 unspecified atom stereocenters. The lowest BCUT2D eigenvalue weighted by molar-refractivity contribution is 0.0741. The van der Waals surface area contributed by atoms with Crippen molar-refractivity contribution in [1.29, 1.82) is 0 Å². The van der Waals surface area contributed by atoms with Crippen LogP contribution in [0.15, 0.2) is 18.2 Å². The number of carbonyl (C=O) groups excluding carboxylic acids is 1. The average molecular weight is 372 g/mol. The lowest BCUT2D eigenvalue weighted by Gasteiger charge is -2.32. The Labute approximate surface area is 152 Å². The summed E-state index contributed by atoms with van der Waals surface area (Å²) in [5, 5.41) is 14.2. The molecule has 2 amide bonds. The van der Waals surface area contributed by atoms with E-state index in [1.165, 1.54) is 0 Å². The second-order valence-electron chi connectivity index (χ2n) is 7.14. The van der Waals surface area contributed by atoms with Crippen LogP contribution in [-0.4, -0.2) is 60.3 Å². The monoisotopic (exact) mass is 371 g/mol. The Morgan fingerprint density at radius 2 is 2.21 bits per heavy atom. The molecule has 7 heteroatoms. The summed E-state index contributed by atoms with van der Waals surface area (Å²) in [5.41, 5.74) is 0.412. The van der Waals surface area contributed by atoms with Gasteiger partial charge in [0.2, 0.25) is 0 Å². The van der Waals surface area contributed by atoms with Gasteiger partial charge >= 0.3 is 6.03 Å². The Kier molecular flexibility index (Phi) is 4.98. The number of piperidine rings is 1. The predicted octanol–water partition coefficient (Wildman–Crippen LogP) is 2.76. The van der Waals surface area contributed by atoms with E-state index in [-0.39, 0.29) is 18.0 Å². The van der Waals surface area contributed by atoms with Crippen molar-refractivity contribution in [3.8, 4) is 0 Å². The highest BCUT2D eigenvalue weighted by Gasteiger charge is 2.56. The van der Waals surface area contributed by atoms with Gasteiger partial charge in [-0.05, 0) is 44.6 Å². The van der Waals surface area contributed by atoms with E-state index in [9.17, 15) is 9.90 Å². The summed E-state index contributed by atoms with van der Waals surface area (Å²) < 4.78 is 0. The first-order valence-corrected chi connectivity index (χ1v) is 8.91. The van der Waals surface area contributed by atoms with Crippen molar-refractivity contribution < 1.29 is 9.90 Å². The Morgan fingerprint density at radius 1 is 1.46 bits per heavy atom. The zero-order valence-corrected chi connectivity index (χ0v) is 15.4. The Bertz CT molecular complexity index is 640. The molecule has 2 N–H and O–H groups in total. The van der Waals surface area contributed by atoms with E-state index < -0.39 is 5.60 Å². The molecule has 3 atom stereocenters. The number of halogens is 2. The van der Waals surface area contributed by atoms with E-state index in [2.05, 4.69) is 5.32 Å². The first-order valence-electron chi connectivity index (χ1n) is 8.16. The number of amides is 2. The van der Waals surface area contributed by atoms with E-state index in [0.29, 0.717) is 36.1 Å². The van der Waals surface area contributed by atoms with Gasteiger partial charge in [0.1, 0.15) is 0 Å². The highest BCUT2D eigenvalue weighted by molar-refractivity contribution is 6.42. The van der Waals surface area contributed by atoms with Gasteiger partial charge < -0.3 is 20.2 Å². The van der Waals surface area contributed by atoms with Gasteiger partial charge in [-0.25, -0.2) is 4.79 Å². The molecule has 1 aromatic carbocycles. The van der Waals surface area contributed by atoms with E-state index >= 15 is 0 Å². The fraction of sp³-hybridized carbons (Fsp3) is 0.588. The van der Waals surface area contributed by atoms with E-state index in [0.717, 1.165) is 12.0 Å². The summed E-state index contributed by atoms with van der Waals surface area (Å²) in [4.78, 5) is 16.5. The minimum Gasteiger partial charge on any atom is -0.389 e. The first kappa shape index (κ1) is 17.8. The topological polar surface area (TPSA) is 55.8 Å². The Morgan fingerprint density at radius 3 is 2.83 bits per heavy atom. The molecule has 132 valence electrons. The molecule has 2 fully saturated rings. The van der Waals surface area contributed by atoms with Crippen LogP contribution in [0.4, 0.5) is 4.79 Å². The van der Waals surface area contributed by atoms with Crippen molar-refractivity contribution in [2.45, 2.75) is 24.5 Å². The second-order valence-corrected chi connectivity index (χ2v) is 7.95. The standard InChI is InChI=1S/C17H23Cl2N3O2/c1-21(2)10-15(11-3-4-13(18)14(19)7-11)20-16(23)22-6-5-17(24)8-12(17)9-22/h3-4,7,12,15,24H,5-6,8-10H2,1-2H3,(H,20,23)/t12-,15?,17+/m0/s1. The molecule has 2 aliphatic rings. The molecular formula is C17H23Cl2N3O2. The largest absolute Gasteiger partial charge is 0.389 e. The third kappa shape index (κ3) is 3.80. The van der Waals surface area contributed by atoms with Crippen molar-refractivity contribution in [2.24, 2.45) is 5.92 Å². The Hall–Kier alpha value is -1.01. The van der Waals surface area contributed by atoms with Crippen molar-refractivity contribution in [3.05, 3.63) is 33.8 Å². The number of aliphatic hydroxyl groups is 1. The van der Waals surface area contributed by atoms with Crippen molar-refractivity contribution in [2.75, 3.05) is 33.7 Å². The maximum Gasteiger partial charge on any atom is 0.317 e. The maximum absolute atomic E-state index is 12.6. The summed E-state index contributed by atoms with van der Waals surface area (Å²) in [6, 6.07) is 5.16. The van der Waals surface area contributed by atoms with Crippen LogP contribution in [0.2, 0.25) is 10.0 Å². The molecule has 1 aromatic rings. The number of benzene rings is 1. The van der Waals surface area contributed by atoms with Crippen LogP contribution in [0.5, 0.6) is 0 Å². The normalized spacial score (nSPS) is 26.9. The van der Waals surface area contributed by atoms with E-state index in [1.54, 1.807) is 17.0 Å². The molecule has 0 aromatic heterocycles. The number of nitrogens with zero attached hydrogens (tertiary/aromatic N) is 2. The summed E-state index contributed by atoms with van der Waals surface area (Å²) in [5.74, 6) is 0.231. The quantitative estimate of drug-likeness (QED) is 0.855. The van der Waals surface area contributed by atoms with E-state index in [4.69, 9.17) is 23.2 Å². The van der Waals surface area contributed by atoms with Crippen LogP contribution in [0.25, 0.3) is 0 Å². The van der Waals surface area contributed by atoms with Crippen molar-refractivity contribution in [1.82, 2.24) is 15.1 Å². The zero-order chi connectivity index (χ0) is 17.5. The molecule has 1 saturated carbocycles. The first-order chi connectivity index (χ1) is 11.3. The van der Waals surface area contributed by atoms with Crippen LogP contribution in [-0.2, 0) is 0 Å². The molecule has 24 heavy (non-hydrogen) atoms. The molecule has 1 aliphatic heterocycles. The molecule has 0 bridgehead atoms. The van der Waals surface area contributed by atoms with Gasteiger partial charge in [-0.1, -0.05) is 29.3 Å². The lowest BCUT2D eigenvalue weighted by Crippen LogP contribution is -2.48. The summed E-state index contributed by atoms with van der Waals surface area (Å²) in [7, 11) is 3.92. The molecule has 1 saturated heterocycles. The number of likely N-dealkylation sites (N-methyl/N-ethyl adjacent to an activating group) is 1. The summed E-state index contributed by atoms with van der Waals surface area (Å²) >= 11 is 12.1. The molecule has 3 rings (SSSR count). The predicted molar refractivity (Wildman–Crippen MR) is 95.5 cm³/mol. The molecule has 1 heterocycles. The van der Waals surface area contributed by atoms with Crippen molar-refractivity contribution >= 4 is 29.2 Å². The number of likely N-dealkylation sites (tertiary alicyclic amines) is 1. The summed E-state index contributed by atoms with van der Waals surface area (Å²) in [6.07, 6.45) is 1.47. The number of rotatable bonds is 4. The number of nitrogens with one attached hydrogen (secondary N) is 1. The lowest BCUT2D eigenvalue weighted by atomic mass is 10.1.